The van der Waals surface area contributed by atoms with Crippen LogP contribution in [0.25, 0.3) is 0 Å². The fourth-order valence-electron chi connectivity index (χ4n) is 7.06. The Balaban J connectivity index is 0.00000167. The largest absolute Gasteiger partial charge is 0.504 e. The van der Waals surface area contributed by atoms with Gasteiger partial charge in [-0.1, -0.05) is 40.7 Å². The summed E-state index contributed by atoms with van der Waals surface area (Å²) >= 11 is 0. The number of aryl methyl sites for hydroxylation is 1. The third-order valence-corrected chi connectivity index (χ3v) is 9.83. The van der Waals surface area contributed by atoms with Crippen LogP contribution in [0.5, 0.6) is 11.5 Å². The van der Waals surface area contributed by atoms with Crippen molar-refractivity contribution >= 4 is 0 Å². The number of benzene rings is 1. The van der Waals surface area contributed by atoms with Crippen molar-refractivity contribution in [3.63, 3.8) is 0 Å². The Morgan fingerprint density at radius 1 is 1.11 bits per heavy atom. The van der Waals surface area contributed by atoms with Gasteiger partial charge in [-0.25, -0.2) is 0 Å². The van der Waals surface area contributed by atoms with Gasteiger partial charge in [0.25, 0.3) is 0 Å². The van der Waals surface area contributed by atoms with Crippen molar-refractivity contribution < 1.29 is 20.1 Å². The van der Waals surface area contributed by atoms with E-state index in [0.29, 0.717) is 6.04 Å². The van der Waals surface area contributed by atoms with Gasteiger partial charge in [-0.05, 0) is 88.3 Å². The van der Waals surface area contributed by atoms with Crippen LogP contribution in [0.4, 0.5) is 0 Å². The molecule has 0 aromatic heterocycles. The van der Waals surface area contributed by atoms with E-state index in [1.165, 1.54) is 12.8 Å². The van der Waals surface area contributed by atoms with Crippen molar-refractivity contribution in [2.75, 3.05) is 20.2 Å². The van der Waals surface area contributed by atoms with Crippen molar-refractivity contribution in [3.05, 3.63) is 23.3 Å². The number of hydrogen-bond donors (Lipinski definition) is 3. The molecule has 2 aliphatic carbocycles. The first kappa shape index (κ1) is 28.3. The fraction of sp³-hybridized carbons (Fsp3) is 0.800. The number of aliphatic hydroxyl groups is 1. The van der Waals surface area contributed by atoms with Crippen LogP contribution in [-0.2, 0) is 10.2 Å². The molecule has 1 aromatic rings. The van der Waals surface area contributed by atoms with Crippen LogP contribution in [0.15, 0.2) is 12.1 Å². The molecule has 5 heteroatoms. The average Bonchev–Trinajstić information content (AvgIpc) is 3.62. The van der Waals surface area contributed by atoms with Crippen molar-refractivity contribution in [1.82, 2.24) is 4.90 Å². The molecule has 5 nitrogen and oxygen atoms in total. The van der Waals surface area contributed by atoms with E-state index in [2.05, 4.69) is 32.6 Å². The van der Waals surface area contributed by atoms with Crippen LogP contribution in [0.1, 0.15) is 91.7 Å². The molecule has 6 atom stereocenters. The summed E-state index contributed by atoms with van der Waals surface area (Å²) in [4.78, 5) is 2.64. The van der Waals surface area contributed by atoms with Gasteiger partial charge in [-0.3, -0.25) is 0 Å². The van der Waals surface area contributed by atoms with Gasteiger partial charge in [0.1, 0.15) is 0 Å². The van der Waals surface area contributed by atoms with Crippen molar-refractivity contribution in [3.8, 4) is 11.5 Å². The van der Waals surface area contributed by atoms with E-state index < -0.39 is 5.60 Å². The SMILES string of the molecule is CC.COC1C[C@@]2(c3c(C)ccc(O)c3O)CCN(CC3CC3)C(C)C2CC1C(C)(O)C(C)(C)C. The molecule has 1 aliphatic heterocycles. The highest BCUT2D eigenvalue weighted by Crippen LogP contribution is 2.59. The van der Waals surface area contributed by atoms with Crippen LogP contribution < -0.4 is 0 Å². The summed E-state index contributed by atoms with van der Waals surface area (Å²) in [5.74, 6) is 1.04. The molecular weight excluding hydrogens is 438 g/mol. The highest BCUT2D eigenvalue weighted by Gasteiger charge is 2.59. The van der Waals surface area contributed by atoms with E-state index in [-0.39, 0.29) is 40.3 Å². The Hall–Kier alpha value is -1.30. The lowest BCUT2D eigenvalue weighted by molar-refractivity contribution is -0.175. The van der Waals surface area contributed by atoms with Crippen LogP contribution in [0, 0.1) is 30.1 Å². The summed E-state index contributed by atoms with van der Waals surface area (Å²) in [6.07, 6.45) is 5.04. The highest BCUT2D eigenvalue weighted by atomic mass is 16.5. The maximum atomic E-state index is 11.8. The Bertz CT molecular complexity index is 872. The van der Waals surface area contributed by atoms with Gasteiger partial charge >= 0.3 is 0 Å². The maximum absolute atomic E-state index is 11.8. The second kappa shape index (κ2) is 10.2. The second-order valence-corrected chi connectivity index (χ2v) is 12.5. The highest BCUT2D eigenvalue weighted by molar-refractivity contribution is 5.53. The van der Waals surface area contributed by atoms with Gasteiger partial charge < -0.3 is 25.0 Å². The second-order valence-electron chi connectivity index (χ2n) is 12.5. The predicted molar refractivity (Wildman–Crippen MR) is 143 cm³/mol. The van der Waals surface area contributed by atoms with E-state index in [1.807, 2.05) is 33.8 Å². The molecule has 4 rings (SSSR count). The molecule has 5 unspecified atom stereocenters. The van der Waals surface area contributed by atoms with Crippen LogP contribution in [0.2, 0.25) is 0 Å². The molecule has 200 valence electrons. The molecular formula is C30H51NO4. The number of hydrogen-bond acceptors (Lipinski definition) is 5. The first-order valence-corrected chi connectivity index (χ1v) is 13.8. The lowest BCUT2D eigenvalue weighted by atomic mass is 9.50. The van der Waals surface area contributed by atoms with E-state index in [4.69, 9.17) is 4.74 Å². The molecule has 3 aliphatic rings. The lowest BCUT2D eigenvalue weighted by Crippen LogP contribution is -2.64. The molecule has 35 heavy (non-hydrogen) atoms. The van der Waals surface area contributed by atoms with Gasteiger partial charge in [0.05, 0.1) is 11.7 Å². The number of rotatable bonds is 5. The Morgan fingerprint density at radius 3 is 2.29 bits per heavy atom. The topological polar surface area (TPSA) is 73.2 Å². The molecule has 3 fully saturated rings. The van der Waals surface area contributed by atoms with Crippen molar-refractivity contribution in [1.29, 1.82) is 0 Å². The Kier molecular flexibility index (Phi) is 8.26. The Labute approximate surface area is 213 Å². The van der Waals surface area contributed by atoms with E-state index in [1.54, 1.807) is 13.2 Å². The third-order valence-electron chi connectivity index (χ3n) is 9.83. The summed E-state index contributed by atoms with van der Waals surface area (Å²) in [7, 11) is 1.76. The van der Waals surface area contributed by atoms with Crippen LogP contribution >= 0.6 is 0 Å². The summed E-state index contributed by atoms with van der Waals surface area (Å²) < 4.78 is 6.11. The summed E-state index contributed by atoms with van der Waals surface area (Å²) in [5, 5.41) is 33.4. The summed E-state index contributed by atoms with van der Waals surface area (Å²) in [5.41, 5.74) is 0.435. The molecule has 1 aromatic carbocycles. The zero-order valence-corrected chi connectivity index (χ0v) is 23.7. The van der Waals surface area contributed by atoms with Gasteiger partial charge in [0.15, 0.2) is 11.5 Å². The number of piperidine rings is 1. The number of phenols is 2. The summed E-state index contributed by atoms with van der Waals surface area (Å²) in [6.45, 7) is 18.8. The first-order chi connectivity index (χ1) is 16.3. The maximum Gasteiger partial charge on any atom is 0.161 e. The number of nitrogens with zero attached hydrogens (tertiary/aromatic N) is 1. The van der Waals surface area contributed by atoms with Gasteiger partial charge in [0, 0.05) is 36.6 Å². The van der Waals surface area contributed by atoms with Gasteiger partial charge in [0.2, 0.25) is 0 Å². The van der Waals surface area contributed by atoms with E-state index in [9.17, 15) is 15.3 Å². The lowest BCUT2D eigenvalue weighted by Gasteiger charge is -2.61. The number of likely N-dealkylation sites (tertiary alicyclic amines) is 1. The predicted octanol–water partition coefficient (Wildman–Crippen LogP) is 6.01. The minimum atomic E-state index is -0.895. The number of aromatic hydroxyl groups is 2. The average molecular weight is 490 g/mol. The molecule has 3 N–H and O–H groups in total. The normalized spacial score (nSPS) is 33.3. The number of methoxy groups -OCH3 is 1. The van der Waals surface area contributed by atoms with Crippen LogP contribution in [-0.4, -0.2) is 58.2 Å². The smallest absolute Gasteiger partial charge is 0.161 e. The standard InChI is InChI=1S/C28H45NO4.C2H6/c1-17-8-11-22(30)25(31)24(17)28-12-13-29(16-19-9-10-19)18(2)20(28)14-21(23(15-28)33-7)27(6,32)26(3,4)5;1-2/h8,11,18-21,23,30-32H,9-10,12-16H2,1-7H3;1-2H3/t18?,20?,21?,23?,27?,28-;/m0./s1. The zero-order chi connectivity index (χ0) is 26.3. The minimum Gasteiger partial charge on any atom is -0.504 e. The number of fused-ring (bicyclic) bond motifs is 1. The third kappa shape index (κ3) is 4.98. The first-order valence-electron chi connectivity index (χ1n) is 13.8. The number of ether oxygens (including phenoxy) is 1. The number of phenolic OH excluding ortho intramolecular Hbond substituents is 2. The molecule has 1 heterocycles. The van der Waals surface area contributed by atoms with Crippen molar-refractivity contribution in [2.24, 2.45) is 23.2 Å². The monoisotopic (exact) mass is 489 g/mol. The van der Waals surface area contributed by atoms with Crippen LogP contribution in [0.3, 0.4) is 0 Å². The quantitative estimate of drug-likeness (QED) is 0.442. The molecule has 0 radical (unpaired) electrons. The van der Waals surface area contributed by atoms with Crippen molar-refractivity contribution in [2.45, 2.75) is 111 Å². The molecule has 2 saturated carbocycles. The minimum absolute atomic E-state index is 0.0105. The Morgan fingerprint density at radius 2 is 1.74 bits per heavy atom. The summed E-state index contributed by atoms with van der Waals surface area (Å²) in [6, 6.07) is 3.85. The zero-order valence-electron chi connectivity index (χ0n) is 23.7. The van der Waals surface area contributed by atoms with Gasteiger partial charge in [-0.2, -0.15) is 0 Å². The van der Waals surface area contributed by atoms with Gasteiger partial charge in [-0.15, -0.1) is 0 Å². The molecule has 0 spiro atoms. The molecule has 1 saturated heterocycles. The van der Waals surface area contributed by atoms with E-state index in [0.717, 1.165) is 49.4 Å². The van der Waals surface area contributed by atoms with E-state index >= 15 is 0 Å². The molecule has 0 bridgehead atoms. The fourth-order valence-corrected chi connectivity index (χ4v) is 7.06. The molecule has 0 amide bonds.